The minimum atomic E-state index is -0.583. The van der Waals surface area contributed by atoms with E-state index >= 15 is 0 Å². The second kappa shape index (κ2) is 9.10. The molecule has 0 radical (unpaired) electrons. The number of nitrogens with zero attached hydrogens (tertiary/aromatic N) is 2. The van der Waals surface area contributed by atoms with Gasteiger partial charge in [0.1, 0.15) is 6.04 Å². The molecular formula is C14H23Cl2N3O2. The Morgan fingerprint density at radius 3 is 2.67 bits per heavy atom. The maximum Gasteiger partial charge on any atom is 0.242 e. The van der Waals surface area contributed by atoms with Gasteiger partial charge in [0, 0.05) is 39.5 Å². The summed E-state index contributed by atoms with van der Waals surface area (Å²) in [5.74, 6) is -0.0491. The molecule has 0 aliphatic carbocycles. The average Bonchev–Trinajstić information content (AvgIpc) is 2.58. The number of fused-ring (bicyclic) bond motifs is 1. The summed E-state index contributed by atoms with van der Waals surface area (Å²) in [5, 5.41) is 0. The highest BCUT2D eigenvalue weighted by atomic mass is 35.5. The van der Waals surface area contributed by atoms with Crippen molar-refractivity contribution in [2.75, 3.05) is 38.8 Å². The van der Waals surface area contributed by atoms with Gasteiger partial charge < -0.3 is 20.3 Å². The molecule has 1 unspecified atom stereocenters. The summed E-state index contributed by atoms with van der Waals surface area (Å²) in [6, 6.07) is 7.57. The SMILES string of the molecule is COCC(N)C(=O)N1CCN(C)c2ccccc2C1.Cl.Cl. The Labute approximate surface area is 138 Å². The molecule has 0 bridgehead atoms. The number of methoxy groups -OCH3 is 1. The van der Waals surface area contributed by atoms with Gasteiger partial charge in [0.05, 0.1) is 6.61 Å². The van der Waals surface area contributed by atoms with E-state index in [-0.39, 0.29) is 37.3 Å². The van der Waals surface area contributed by atoms with Gasteiger partial charge >= 0.3 is 0 Å². The summed E-state index contributed by atoms with van der Waals surface area (Å²) in [7, 11) is 3.60. The van der Waals surface area contributed by atoms with E-state index in [1.54, 1.807) is 7.11 Å². The summed E-state index contributed by atoms with van der Waals surface area (Å²) in [6.45, 7) is 2.35. The van der Waals surface area contributed by atoms with Crippen molar-refractivity contribution in [1.82, 2.24) is 4.90 Å². The summed E-state index contributed by atoms with van der Waals surface area (Å²) < 4.78 is 4.95. The molecule has 1 aromatic rings. The Morgan fingerprint density at radius 2 is 2.00 bits per heavy atom. The third-order valence-corrected chi connectivity index (χ3v) is 3.44. The minimum Gasteiger partial charge on any atom is -0.383 e. The standard InChI is InChI=1S/C14H21N3O2.2ClH/c1-16-7-8-17(14(18)12(15)10-19-2)9-11-5-3-4-6-13(11)16;;/h3-6,12H,7-10,15H2,1-2H3;2*1H. The van der Waals surface area contributed by atoms with Crippen LogP contribution in [-0.4, -0.2) is 50.7 Å². The molecule has 7 heteroatoms. The van der Waals surface area contributed by atoms with Crippen molar-refractivity contribution < 1.29 is 9.53 Å². The van der Waals surface area contributed by atoms with Crippen LogP contribution in [0.5, 0.6) is 0 Å². The highest BCUT2D eigenvalue weighted by molar-refractivity contribution is 5.85. The van der Waals surface area contributed by atoms with Crippen LogP contribution in [-0.2, 0) is 16.1 Å². The molecule has 1 atom stereocenters. The van der Waals surface area contributed by atoms with E-state index in [4.69, 9.17) is 10.5 Å². The molecule has 120 valence electrons. The van der Waals surface area contributed by atoms with E-state index in [2.05, 4.69) is 17.0 Å². The van der Waals surface area contributed by atoms with Crippen LogP contribution < -0.4 is 10.6 Å². The molecule has 1 amide bonds. The first-order valence-corrected chi connectivity index (χ1v) is 6.46. The highest BCUT2D eigenvalue weighted by Gasteiger charge is 2.24. The number of carbonyl (C=O) groups is 1. The predicted octanol–water partition coefficient (Wildman–Crippen LogP) is 1.28. The van der Waals surface area contributed by atoms with Gasteiger partial charge in [-0.3, -0.25) is 4.79 Å². The fraction of sp³-hybridized carbons (Fsp3) is 0.500. The molecule has 0 saturated heterocycles. The molecule has 0 saturated carbocycles. The fourth-order valence-corrected chi connectivity index (χ4v) is 2.37. The number of likely N-dealkylation sites (N-methyl/N-ethyl adjacent to an activating group) is 1. The van der Waals surface area contributed by atoms with E-state index in [9.17, 15) is 4.79 Å². The van der Waals surface area contributed by atoms with Crippen LogP contribution >= 0.6 is 24.8 Å². The van der Waals surface area contributed by atoms with E-state index in [1.807, 2.05) is 24.1 Å². The van der Waals surface area contributed by atoms with Crippen molar-refractivity contribution in [3.05, 3.63) is 29.8 Å². The van der Waals surface area contributed by atoms with Gasteiger partial charge in [-0.2, -0.15) is 0 Å². The first-order valence-electron chi connectivity index (χ1n) is 6.46. The van der Waals surface area contributed by atoms with Crippen molar-refractivity contribution in [3.8, 4) is 0 Å². The van der Waals surface area contributed by atoms with E-state index in [1.165, 1.54) is 5.69 Å². The molecule has 0 spiro atoms. The monoisotopic (exact) mass is 335 g/mol. The lowest BCUT2D eigenvalue weighted by Gasteiger charge is -2.24. The topological polar surface area (TPSA) is 58.8 Å². The van der Waals surface area contributed by atoms with Crippen LogP contribution in [0.15, 0.2) is 24.3 Å². The Morgan fingerprint density at radius 1 is 1.33 bits per heavy atom. The lowest BCUT2D eigenvalue weighted by Crippen LogP contribution is -2.46. The maximum atomic E-state index is 12.3. The molecule has 1 aliphatic heterocycles. The first kappa shape index (κ1) is 20.0. The van der Waals surface area contributed by atoms with Crippen molar-refractivity contribution >= 4 is 36.4 Å². The number of hydrogen-bond donors (Lipinski definition) is 1. The van der Waals surface area contributed by atoms with Gasteiger partial charge in [-0.1, -0.05) is 18.2 Å². The number of ether oxygens (including phenoxy) is 1. The van der Waals surface area contributed by atoms with Crippen LogP contribution in [0.2, 0.25) is 0 Å². The second-order valence-electron chi connectivity index (χ2n) is 4.87. The quantitative estimate of drug-likeness (QED) is 0.904. The zero-order valence-corrected chi connectivity index (χ0v) is 14.0. The minimum absolute atomic E-state index is 0. The van der Waals surface area contributed by atoms with Crippen LogP contribution in [0.4, 0.5) is 5.69 Å². The summed E-state index contributed by atoms with van der Waals surface area (Å²) in [5.41, 5.74) is 8.17. The van der Waals surface area contributed by atoms with Crippen molar-refractivity contribution in [3.63, 3.8) is 0 Å². The van der Waals surface area contributed by atoms with Gasteiger partial charge in [0.2, 0.25) is 5.91 Å². The summed E-state index contributed by atoms with van der Waals surface area (Å²) in [6.07, 6.45) is 0. The second-order valence-corrected chi connectivity index (χ2v) is 4.87. The smallest absolute Gasteiger partial charge is 0.242 e. The number of nitrogens with two attached hydrogens (primary N) is 1. The van der Waals surface area contributed by atoms with E-state index < -0.39 is 6.04 Å². The molecule has 21 heavy (non-hydrogen) atoms. The first-order chi connectivity index (χ1) is 9.13. The lowest BCUT2D eigenvalue weighted by atomic mass is 10.1. The zero-order valence-electron chi connectivity index (χ0n) is 12.3. The molecule has 1 heterocycles. The van der Waals surface area contributed by atoms with Gasteiger partial charge in [-0.15, -0.1) is 24.8 Å². The average molecular weight is 336 g/mol. The van der Waals surface area contributed by atoms with E-state index in [0.29, 0.717) is 13.1 Å². The van der Waals surface area contributed by atoms with Crippen molar-refractivity contribution in [2.24, 2.45) is 5.73 Å². The molecule has 1 aromatic carbocycles. The third-order valence-electron chi connectivity index (χ3n) is 3.44. The number of anilines is 1. The Balaban J connectivity index is 0.00000200. The molecular weight excluding hydrogens is 313 g/mol. The molecule has 2 rings (SSSR count). The largest absolute Gasteiger partial charge is 0.383 e. The molecule has 5 nitrogen and oxygen atoms in total. The fourth-order valence-electron chi connectivity index (χ4n) is 2.37. The number of hydrogen-bond acceptors (Lipinski definition) is 4. The van der Waals surface area contributed by atoms with E-state index in [0.717, 1.165) is 12.1 Å². The lowest BCUT2D eigenvalue weighted by molar-refractivity contribution is -0.134. The van der Waals surface area contributed by atoms with Crippen LogP contribution in [0.3, 0.4) is 0 Å². The number of halogens is 2. The molecule has 2 N–H and O–H groups in total. The van der Waals surface area contributed by atoms with Crippen LogP contribution in [0.1, 0.15) is 5.56 Å². The van der Waals surface area contributed by atoms with Gasteiger partial charge in [0.15, 0.2) is 0 Å². The molecule has 0 fully saturated rings. The van der Waals surface area contributed by atoms with Crippen LogP contribution in [0.25, 0.3) is 0 Å². The van der Waals surface area contributed by atoms with Crippen LogP contribution in [0, 0.1) is 0 Å². The van der Waals surface area contributed by atoms with Gasteiger partial charge in [0.25, 0.3) is 0 Å². The van der Waals surface area contributed by atoms with Crippen molar-refractivity contribution in [1.29, 1.82) is 0 Å². The van der Waals surface area contributed by atoms with Crippen molar-refractivity contribution in [2.45, 2.75) is 12.6 Å². The number of carbonyl (C=O) groups excluding carboxylic acids is 1. The summed E-state index contributed by atoms with van der Waals surface area (Å²) >= 11 is 0. The van der Waals surface area contributed by atoms with Gasteiger partial charge in [-0.25, -0.2) is 0 Å². The zero-order chi connectivity index (χ0) is 13.8. The number of amides is 1. The normalized spacial score (nSPS) is 15.2. The Kier molecular flexibility index (Phi) is 8.66. The van der Waals surface area contributed by atoms with Gasteiger partial charge in [-0.05, 0) is 11.6 Å². The predicted molar refractivity (Wildman–Crippen MR) is 89.5 cm³/mol. The highest BCUT2D eigenvalue weighted by Crippen LogP contribution is 2.23. The molecule has 0 aromatic heterocycles. The Hall–Kier alpha value is -1.01. The number of benzene rings is 1. The number of para-hydroxylation sites is 1. The molecule has 1 aliphatic rings. The maximum absolute atomic E-state index is 12.3. The third kappa shape index (κ3) is 4.74. The number of rotatable bonds is 3. The summed E-state index contributed by atoms with van der Waals surface area (Å²) in [4.78, 5) is 16.2. The Bertz CT molecular complexity index is 460.